The summed E-state index contributed by atoms with van der Waals surface area (Å²) in [5, 5.41) is 5.90. The number of hydrogen-bond acceptors (Lipinski definition) is 5. The quantitative estimate of drug-likeness (QED) is 0.913. The van der Waals surface area contributed by atoms with Crippen molar-refractivity contribution >= 4 is 17.4 Å². The standard InChI is InChI=1S/C16H19N3O3S/c1-11-18-13(9-23-11)8-19(2)16(20)17-6-5-12-3-4-14-15(7-12)22-10-21-14/h3-4,7,9H,5-6,8,10H2,1-2H3,(H,17,20). The lowest BCUT2D eigenvalue weighted by atomic mass is 10.1. The number of amides is 2. The zero-order valence-electron chi connectivity index (χ0n) is 13.2. The van der Waals surface area contributed by atoms with Crippen LogP contribution in [0.4, 0.5) is 4.79 Å². The van der Waals surface area contributed by atoms with Crippen molar-refractivity contribution in [3.05, 3.63) is 39.8 Å². The molecule has 0 radical (unpaired) electrons. The molecule has 0 aliphatic carbocycles. The third-order valence-corrected chi connectivity index (χ3v) is 4.36. The number of urea groups is 1. The topological polar surface area (TPSA) is 63.7 Å². The molecular formula is C16H19N3O3S. The minimum Gasteiger partial charge on any atom is -0.454 e. The predicted octanol–water partition coefficient (Wildman–Crippen LogP) is 2.56. The van der Waals surface area contributed by atoms with Crippen molar-refractivity contribution in [2.45, 2.75) is 19.9 Å². The molecule has 3 rings (SSSR count). The number of hydrogen-bond donors (Lipinski definition) is 1. The van der Waals surface area contributed by atoms with Crippen LogP contribution in [0.5, 0.6) is 11.5 Å². The number of nitrogens with one attached hydrogen (secondary N) is 1. The average Bonchev–Trinajstić information content (AvgIpc) is 3.15. The summed E-state index contributed by atoms with van der Waals surface area (Å²) in [5.74, 6) is 1.54. The zero-order chi connectivity index (χ0) is 16.2. The molecule has 0 bridgehead atoms. The summed E-state index contributed by atoms with van der Waals surface area (Å²) in [6.07, 6.45) is 0.742. The van der Waals surface area contributed by atoms with Crippen LogP contribution in [0.3, 0.4) is 0 Å². The van der Waals surface area contributed by atoms with Gasteiger partial charge in [-0.3, -0.25) is 0 Å². The van der Waals surface area contributed by atoms with Crippen molar-refractivity contribution in [2.75, 3.05) is 20.4 Å². The highest BCUT2D eigenvalue weighted by atomic mass is 32.1. The molecule has 2 aromatic rings. The van der Waals surface area contributed by atoms with Crippen LogP contribution >= 0.6 is 11.3 Å². The van der Waals surface area contributed by atoms with Crippen LogP contribution in [0.2, 0.25) is 0 Å². The van der Waals surface area contributed by atoms with E-state index in [1.54, 1.807) is 23.3 Å². The number of aryl methyl sites for hydroxylation is 1. The van der Waals surface area contributed by atoms with Crippen molar-refractivity contribution < 1.29 is 14.3 Å². The normalized spacial score (nSPS) is 12.3. The van der Waals surface area contributed by atoms with Gasteiger partial charge in [0.25, 0.3) is 0 Å². The van der Waals surface area contributed by atoms with Gasteiger partial charge in [0.15, 0.2) is 11.5 Å². The van der Waals surface area contributed by atoms with Gasteiger partial charge in [-0.05, 0) is 31.0 Å². The first-order valence-electron chi connectivity index (χ1n) is 7.40. The molecule has 0 saturated heterocycles. The third-order valence-electron chi connectivity index (χ3n) is 3.54. The van der Waals surface area contributed by atoms with E-state index in [2.05, 4.69) is 10.3 Å². The number of ether oxygens (including phenoxy) is 2. The Balaban J connectivity index is 1.45. The third kappa shape index (κ3) is 3.92. The van der Waals surface area contributed by atoms with E-state index in [1.807, 2.05) is 30.5 Å². The molecule has 1 aromatic heterocycles. The van der Waals surface area contributed by atoms with Gasteiger partial charge in [-0.25, -0.2) is 9.78 Å². The van der Waals surface area contributed by atoms with Crippen LogP contribution in [0.15, 0.2) is 23.6 Å². The van der Waals surface area contributed by atoms with Gasteiger partial charge in [0.05, 0.1) is 17.2 Å². The molecule has 1 N–H and O–H groups in total. The number of aromatic nitrogens is 1. The van der Waals surface area contributed by atoms with Crippen LogP contribution in [0.1, 0.15) is 16.3 Å². The first-order chi connectivity index (χ1) is 11.1. The Labute approximate surface area is 139 Å². The van der Waals surface area contributed by atoms with E-state index in [0.717, 1.165) is 34.2 Å². The van der Waals surface area contributed by atoms with Gasteiger partial charge in [0.2, 0.25) is 6.79 Å². The Hall–Kier alpha value is -2.28. The minimum absolute atomic E-state index is 0.101. The van der Waals surface area contributed by atoms with Gasteiger partial charge < -0.3 is 19.7 Å². The first-order valence-corrected chi connectivity index (χ1v) is 8.28. The second-order valence-corrected chi connectivity index (χ2v) is 6.45. The number of rotatable bonds is 5. The van der Waals surface area contributed by atoms with Crippen molar-refractivity contribution in [3.8, 4) is 11.5 Å². The maximum Gasteiger partial charge on any atom is 0.317 e. The summed E-state index contributed by atoms with van der Waals surface area (Å²) in [6.45, 7) is 3.31. The maximum absolute atomic E-state index is 12.1. The van der Waals surface area contributed by atoms with Crippen LogP contribution in [0, 0.1) is 6.92 Å². The summed E-state index contributed by atoms with van der Waals surface area (Å²) in [7, 11) is 1.77. The van der Waals surface area contributed by atoms with Crippen molar-refractivity contribution in [1.29, 1.82) is 0 Å². The molecule has 0 unspecified atom stereocenters. The number of fused-ring (bicyclic) bond motifs is 1. The van der Waals surface area contributed by atoms with Crippen molar-refractivity contribution in [2.24, 2.45) is 0 Å². The number of nitrogens with zero attached hydrogens (tertiary/aromatic N) is 2. The average molecular weight is 333 g/mol. The summed E-state index contributed by atoms with van der Waals surface area (Å²) in [5.41, 5.74) is 2.02. The molecule has 0 saturated carbocycles. The van der Waals surface area contributed by atoms with Gasteiger partial charge in [0, 0.05) is 19.0 Å². The fraction of sp³-hybridized carbons (Fsp3) is 0.375. The van der Waals surface area contributed by atoms with Gasteiger partial charge in [-0.15, -0.1) is 11.3 Å². The lowest BCUT2D eigenvalue weighted by molar-refractivity contribution is 0.174. The van der Waals surface area contributed by atoms with E-state index < -0.39 is 0 Å². The molecule has 1 aromatic carbocycles. The van der Waals surface area contributed by atoms with Gasteiger partial charge >= 0.3 is 6.03 Å². The highest BCUT2D eigenvalue weighted by Gasteiger charge is 2.14. The molecule has 23 heavy (non-hydrogen) atoms. The molecule has 122 valence electrons. The fourth-order valence-corrected chi connectivity index (χ4v) is 2.94. The van der Waals surface area contributed by atoms with Crippen LogP contribution < -0.4 is 14.8 Å². The zero-order valence-corrected chi connectivity index (χ0v) is 14.0. The Morgan fingerprint density at radius 1 is 1.39 bits per heavy atom. The van der Waals surface area contributed by atoms with Gasteiger partial charge in [0.1, 0.15) is 0 Å². The molecule has 0 spiro atoms. The summed E-state index contributed by atoms with van der Waals surface area (Å²) < 4.78 is 10.6. The van der Waals surface area contributed by atoms with Gasteiger partial charge in [-0.1, -0.05) is 6.07 Å². The van der Waals surface area contributed by atoms with E-state index in [9.17, 15) is 4.79 Å². The SMILES string of the molecule is Cc1nc(CN(C)C(=O)NCCc2ccc3c(c2)OCO3)cs1. The molecule has 0 atom stereocenters. The number of benzene rings is 1. The smallest absolute Gasteiger partial charge is 0.317 e. The highest BCUT2D eigenvalue weighted by Crippen LogP contribution is 2.32. The summed E-state index contributed by atoms with van der Waals surface area (Å²) in [4.78, 5) is 18.1. The molecule has 6 nitrogen and oxygen atoms in total. The van der Waals surface area contributed by atoms with Gasteiger partial charge in [-0.2, -0.15) is 0 Å². The molecule has 0 fully saturated rings. The van der Waals surface area contributed by atoms with E-state index in [4.69, 9.17) is 9.47 Å². The van der Waals surface area contributed by atoms with Crippen molar-refractivity contribution in [1.82, 2.24) is 15.2 Å². The largest absolute Gasteiger partial charge is 0.454 e. The number of carbonyl (C=O) groups is 1. The minimum atomic E-state index is -0.101. The fourth-order valence-electron chi connectivity index (χ4n) is 2.34. The molecule has 1 aliphatic rings. The maximum atomic E-state index is 12.1. The number of carbonyl (C=O) groups excluding carboxylic acids is 1. The molecule has 1 aliphatic heterocycles. The van der Waals surface area contributed by atoms with Crippen LogP contribution in [0.25, 0.3) is 0 Å². The first kappa shape index (κ1) is 15.6. The molecule has 2 heterocycles. The second kappa shape index (κ2) is 6.87. The van der Waals surface area contributed by atoms with Crippen molar-refractivity contribution in [3.63, 3.8) is 0 Å². The molecule has 7 heteroatoms. The molecule has 2 amide bonds. The lowest BCUT2D eigenvalue weighted by Gasteiger charge is -2.16. The second-order valence-electron chi connectivity index (χ2n) is 5.38. The Kier molecular flexibility index (Phi) is 4.66. The highest BCUT2D eigenvalue weighted by molar-refractivity contribution is 7.09. The van der Waals surface area contributed by atoms with E-state index in [0.29, 0.717) is 13.1 Å². The van der Waals surface area contributed by atoms with Crippen LogP contribution in [-0.2, 0) is 13.0 Å². The molecular weight excluding hydrogens is 314 g/mol. The van der Waals surface area contributed by atoms with E-state index >= 15 is 0 Å². The lowest BCUT2D eigenvalue weighted by Crippen LogP contribution is -2.37. The Morgan fingerprint density at radius 2 is 2.22 bits per heavy atom. The monoisotopic (exact) mass is 333 g/mol. The predicted molar refractivity (Wildman–Crippen MR) is 88.0 cm³/mol. The van der Waals surface area contributed by atoms with Crippen LogP contribution in [-0.4, -0.2) is 36.3 Å². The van der Waals surface area contributed by atoms with E-state index in [1.165, 1.54) is 0 Å². The Morgan fingerprint density at radius 3 is 3.00 bits per heavy atom. The Bertz CT molecular complexity index is 702. The summed E-state index contributed by atoms with van der Waals surface area (Å²) >= 11 is 1.59. The number of thiazole rings is 1. The van der Waals surface area contributed by atoms with E-state index in [-0.39, 0.29) is 12.8 Å². The summed E-state index contributed by atoms with van der Waals surface area (Å²) in [6, 6.07) is 5.74.